The van der Waals surface area contributed by atoms with Crippen molar-refractivity contribution < 1.29 is 9.53 Å². The van der Waals surface area contributed by atoms with Crippen molar-refractivity contribution in [3.63, 3.8) is 0 Å². The van der Waals surface area contributed by atoms with E-state index in [1.54, 1.807) is 6.20 Å². The highest BCUT2D eigenvalue weighted by atomic mass is 16.5. The first-order valence-corrected chi connectivity index (χ1v) is 7.65. The van der Waals surface area contributed by atoms with Gasteiger partial charge in [-0.15, -0.1) is 0 Å². The zero-order valence-electron chi connectivity index (χ0n) is 12.8. The summed E-state index contributed by atoms with van der Waals surface area (Å²) >= 11 is 0. The third-order valence-electron chi connectivity index (χ3n) is 4.02. The Hall–Kier alpha value is -1.46. The van der Waals surface area contributed by atoms with E-state index in [9.17, 15) is 4.79 Å². The van der Waals surface area contributed by atoms with E-state index in [1.807, 2.05) is 14.1 Å². The van der Waals surface area contributed by atoms with E-state index < -0.39 is 0 Å². The predicted octanol–water partition coefficient (Wildman–Crippen LogP) is 2.00. The van der Waals surface area contributed by atoms with E-state index in [4.69, 9.17) is 4.74 Å². The zero-order valence-corrected chi connectivity index (χ0v) is 12.8. The maximum atomic E-state index is 11.9. The van der Waals surface area contributed by atoms with Gasteiger partial charge < -0.3 is 15.0 Å². The summed E-state index contributed by atoms with van der Waals surface area (Å²) in [5, 5.41) is 2.98. The number of nitrogens with zero attached hydrogens (tertiary/aromatic N) is 2. The summed E-state index contributed by atoms with van der Waals surface area (Å²) < 4.78 is 5.48. The molecule has 0 spiro atoms. The summed E-state index contributed by atoms with van der Waals surface area (Å²) in [4.78, 5) is 18.6. The van der Waals surface area contributed by atoms with E-state index >= 15 is 0 Å². The molecule has 0 aromatic carbocycles. The van der Waals surface area contributed by atoms with E-state index in [0.29, 0.717) is 5.92 Å². The highest BCUT2D eigenvalue weighted by molar-refractivity contribution is 5.93. The molecule has 1 aromatic heterocycles. The maximum absolute atomic E-state index is 11.9. The predicted molar refractivity (Wildman–Crippen MR) is 81.2 cm³/mol. The van der Waals surface area contributed by atoms with E-state index in [2.05, 4.69) is 21.3 Å². The van der Waals surface area contributed by atoms with Crippen molar-refractivity contribution in [3.05, 3.63) is 23.5 Å². The molecule has 3 rings (SSSR count). The Morgan fingerprint density at radius 2 is 2.24 bits per heavy atom. The molecule has 1 amide bonds. The largest absolute Gasteiger partial charge is 0.381 e. The Morgan fingerprint density at radius 3 is 2.86 bits per heavy atom. The number of hydrogen-bond acceptors (Lipinski definition) is 4. The maximum Gasteiger partial charge on any atom is 0.227 e. The second-order valence-corrected chi connectivity index (χ2v) is 6.33. The van der Waals surface area contributed by atoms with Gasteiger partial charge in [0.25, 0.3) is 0 Å². The molecule has 1 aliphatic carbocycles. The van der Waals surface area contributed by atoms with Crippen LogP contribution in [0.1, 0.15) is 36.4 Å². The number of nitrogens with one attached hydrogen (secondary N) is 1. The van der Waals surface area contributed by atoms with Crippen molar-refractivity contribution in [2.75, 3.05) is 32.6 Å². The first-order chi connectivity index (χ1) is 10.1. The average Bonchev–Trinajstić information content (AvgIpc) is 3.15. The van der Waals surface area contributed by atoms with Crippen LogP contribution in [-0.2, 0) is 16.1 Å². The summed E-state index contributed by atoms with van der Waals surface area (Å²) in [6.45, 7) is 2.39. The minimum Gasteiger partial charge on any atom is -0.381 e. The molecule has 114 valence electrons. The molecular formula is C16H23N3O2. The van der Waals surface area contributed by atoms with E-state index in [1.165, 1.54) is 5.56 Å². The number of hydrogen-bond donors (Lipinski definition) is 1. The van der Waals surface area contributed by atoms with Gasteiger partial charge in [0, 0.05) is 25.0 Å². The number of anilines is 1. The molecule has 1 unspecified atom stereocenters. The molecule has 1 aliphatic heterocycles. The number of rotatable bonds is 5. The monoisotopic (exact) mass is 289 g/mol. The third kappa shape index (κ3) is 3.60. The lowest BCUT2D eigenvalue weighted by Gasteiger charge is -2.18. The number of ether oxygens (including phenoxy) is 1. The number of carbonyl (C=O) groups excluding carboxylic acids is 1. The first-order valence-electron chi connectivity index (χ1n) is 7.65. The van der Waals surface area contributed by atoms with Gasteiger partial charge in [-0.2, -0.15) is 0 Å². The third-order valence-corrected chi connectivity index (χ3v) is 4.02. The lowest BCUT2D eigenvalue weighted by atomic mass is 9.98. The Kier molecular flexibility index (Phi) is 4.22. The first kappa shape index (κ1) is 14.5. The molecule has 1 saturated heterocycles. The van der Waals surface area contributed by atoms with Gasteiger partial charge in [-0.1, -0.05) is 0 Å². The number of carbonyl (C=O) groups is 1. The van der Waals surface area contributed by atoms with Crippen molar-refractivity contribution in [2.24, 2.45) is 5.92 Å². The molecule has 2 aliphatic rings. The molecule has 0 bridgehead atoms. The van der Waals surface area contributed by atoms with Crippen LogP contribution in [0.2, 0.25) is 0 Å². The van der Waals surface area contributed by atoms with Crippen LogP contribution >= 0.6 is 0 Å². The topological polar surface area (TPSA) is 54.5 Å². The molecule has 5 nitrogen and oxygen atoms in total. The second kappa shape index (κ2) is 6.12. The fraction of sp³-hybridized carbons (Fsp3) is 0.625. The average molecular weight is 289 g/mol. The van der Waals surface area contributed by atoms with Gasteiger partial charge >= 0.3 is 0 Å². The van der Waals surface area contributed by atoms with Crippen molar-refractivity contribution in [1.82, 2.24) is 9.88 Å². The van der Waals surface area contributed by atoms with Crippen LogP contribution in [0.4, 0.5) is 5.69 Å². The quantitative estimate of drug-likeness (QED) is 0.901. The van der Waals surface area contributed by atoms with Crippen LogP contribution in [0.25, 0.3) is 0 Å². The van der Waals surface area contributed by atoms with Crippen molar-refractivity contribution >= 4 is 11.6 Å². The normalized spacial score (nSPS) is 21.8. The number of pyridine rings is 1. The van der Waals surface area contributed by atoms with Crippen LogP contribution in [0, 0.1) is 5.92 Å². The molecule has 0 radical (unpaired) electrons. The van der Waals surface area contributed by atoms with Gasteiger partial charge in [0.2, 0.25) is 5.91 Å². The molecule has 1 atom stereocenters. The van der Waals surface area contributed by atoms with Gasteiger partial charge in [-0.25, -0.2) is 0 Å². The fourth-order valence-electron chi connectivity index (χ4n) is 2.76. The zero-order chi connectivity index (χ0) is 14.8. The lowest BCUT2D eigenvalue weighted by molar-refractivity contribution is -0.117. The lowest BCUT2D eigenvalue weighted by Crippen LogP contribution is -2.17. The highest BCUT2D eigenvalue weighted by Crippen LogP contribution is 2.31. The van der Waals surface area contributed by atoms with E-state index in [0.717, 1.165) is 50.4 Å². The molecule has 21 heavy (non-hydrogen) atoms. The van der Waals surface area contributed by atoms with Gasteiger partial charge in [0.1, 0.15) is 0 Å². The summed E-state index contributed by atoms with van der Waals surface area (Å²) in [5.74, 6) is 0.725. The van der Waals surface area contributed by atoms with E-state index in [-0.39, 0.29) is 11.8 Å². The van der Waals surface area contributed by atoms with Crippen LogP contribution in [0.5, 0.6) is 0 Å². The van der Waals surface area contributed by atoms with Gasteiger partial charge in [0.05, 0.1) is 24.2 Å². The van der Waals surface area contributed by atoms with Crippen molar-refractivity contribution in [3.8, 4) is 0 Å². The minimum absolute atomic E-state index is 0.129. The molecular weight excluding hydrogens is 266 g/mol. The Morgan fingerprint density at radius 1 is 1.43 bits per heavy atom. The summed E-state index contributed by atoms with van der Waals surface area (Å²) in [5.41, 5.74) is 3.11. The van der Waals surface area contributed by atoms with Gasteiger partial charge in [-0.3, -0.25) is 9.78 Å². The molecule has 1 N–H and O–H groups in total. The minimum atomic E-state index is 0.129. The molecule has 2 fully saturated rings. The Labute approximate surface area is 125 Å². The molecule has 5 heteroatoms. The molecule has 1 saturated carbocycles. The summed E-state index contributed by atoms with van der Waals surface area (Å²) in [7, 11) is 4.09. The number of amides is 1. The van der Waals surface area contributed by atoms with Crippen molar-refractivity contribution in [1.29, 1.82) is 0 Å². The fourth-order valence-corrected chi connectivity index (χ4v) is 2.76. The Balaban J connectivity index is 1.80. The standard InChI is InChI=1S/C16H23N3O2/c1-19(2)9-13-7-14(18-16(20)11-3-4-11)8-17-15(13)12-5-6-21-10-12/h7-8,11-12H,3-6,9-10H2,1-2H3,(H,18,20). The molecule has 1 aromatic rings. The summed E-state index contributed by atoms with van der Waals surface area (Å²) in [6, 6.07) is 2.07. The SMILES string of the molecule is CN(C)Cc1cc(NC(=O)C2CC2)cnc1C1CCOC1. The van der Waals surface area contributed by atoms with Gasteiger partial charge in [-0.05, 0) is 45.0 Å². The van der Waals surface area contributed by atoms with Crippen molar-refractivity contribution in [2.45, 2.75) is 31.7 Å². The van der Waals surface area contributed by atoms with Crippen LogP contribution in [-0.4, -0.2) is 43.1 Å². The summed E-state index contributed by atoms with van der Waals surface area (Å²) in [6.07, 6.45) is 4.84. The smallest absolute Gasteiger partial charge is 0.227 e. The van der Waals surface area contributed by atoms with Crippen LogP contribution < -0.4 is 5.32 Å². The van der Waals surface area contributed by atoms with Crippen LogP contribution in [0.15, 0.2) is 12.3 Å². The highest BCUT2D eigenvalue weighted by Gasteiger charge is 2.30. The second-order valence-electron chi connectivity index (χ2n) is 6.33. The van der Waals surface area contributed by atoms with Gasteiger partial charge in [0.15, 0.2) is 0 Å². The van der Waals surface area contributed by atoms with Crippen LogP contribution in [0.3, 0.4) is 0 Å². The number of aromatic nitrogens is 1. The Bertz CT molecular complexity index is 520. The molecule has 2 heterocycles.